The molecule has 0 bridgehead atoms. The van der Waals surface area contributed by atoms with E-state index in [1.54, 1.807) is 6.07 Å². The number of halogens is 2. The van der Waals surface area contributed by atoms with Gasteiger partial charge in [0.2, 0.25) is 4.96 Å². The first-order valence-electron chi connectivity index (χ1n) is 8.07. The fraction of sp³-hybridized carbons (Fsp3) is 0.111. The van der Waals surface area contributed by atoms with Crippen LogP contribution in [0.4, 0.5) is 10.1 Å². The summed E-state index contributed by atoms with van der Waals surface area (Å²) in [4.78, 5) is 13.0. The molecule has 6 nitrogen and oxygen atoms in total. The second kappa shape index (κ2) is 7.42. The average Bonchev–Trinajstić information content (AvgIpc) is 3.10. The molecule has 2 heterocycles. The maximum atomic E-state index is 13.2. The molecule has 136 valence electrons. The number of hydrogen-bond donors (Lipinski definition) is 1. The molecular formula is C18H13ClFN5OS. The van der Waals surface area contributed by atoms with Crippen molar-refractivity contribution >= 4 is 33.6 Å². The van der Waals surface area contributed by atoms with E-state index in [1.807, 2.05) is 30.3 Å². The summed E-state index contributed by atoms with van der Waals surface area (Å²) in [6.07, 6.45) is 0.398. The van der Waals surface area contributed by atoms with Gasteiger partial charge in [-0.3, -0.25) is 4.79 Å². The van der Waals surface area contributed by atoms with Crippen molar-refractivity contribution in [3.8, 4) is 0 Å². The molecular weight excluding hydrogens is 389 g/mol. The van der Waals surface area contributed by atoms with Crippen molar-refractivity contribution < 1.29 is 4.39 Å². The molecule has 4 aromatic rings. The number of anilines is 1. The highest BCUT2D eigenvalue weighted by Crippen LogP contribution is 2.20. The Morgan fingerprint density at radius 3 is 2.74 bits per heavy atom. The first-order chi connectivity index (χ1) is 13.1. The molecule has 0 amide bonds. The number of fused-ring (bicyclic) bond motifs is 1. The van der Waals surface area contributed by atoms with Crippen molar-refractivity contribution in [3.63, 3.8) is 0 Å². The van der Waals surface area contributed by atoms with Gasteiger partial charge >= 0.3 is 0 Å². The summed E-state index contributed by atoms with van der Waals surface area (Å²) in [5.74, 6) is -0.477. The molecule has 0 aliphatic carbocycles. The summed E-state index contributed by atoms with van der Waals surface area (Å²) in [6.45, 7) is 0.351. The van der Waals surface area contributed by atoms with Crippen LogP contribution in [0.5, 0.6) is 0 Å². The standard InChI is InChI=1S/C18H13ClFN5OS/c19-13-9-12(6-7-14(13)20)21-10-16-24-25-17(26)15(22-23-18(25)27-16)8-11-4-2-1-3-5-11/h1-7,9,21H,8,10H2. The molecule has 2 aromatic heterocycles. The van der Waals surface area contributed by atoms with Crippen LogP contribution in [0.15, 0.2) is 53.3 Å². The Morgan fingerprint density at radius 1 is 1.15 bits per heavy atom. The molecule has 0 aliphatic heterocycles. The third-order valence-corrected chi connectivity index (χ3v) is 5.06. The number of nitrogens with one attached hydrogen (secondary N) is 1. The van der Waals surface area contributed by atoms with Gasteiger partial charge in [-0.05, 0) is 23.8 Å². The summed E-state index contributed by atoms with van der Waals surface area (Å²) in [5.41, 5.74) is 1.70. The van der Waals surface area contributed by atoms with Crippen LogP contribution in [0.1, 0.15) is 16.3 Å². The van der Waals surface area contributed by atoms with Crippen molar-refractivity contribution in [1.29, 1.82) is 0 Å². The zero-order valence-corrected chi connectivity index (χ0v) is 15.5. The van der Waals surface area contributed by atoms with Crippen molar-refractivity contribution in [2.75, 3.05) is 5.32 Å². The summed E-state index contributed by atoms with van der Waals surface area (Å²) in [6, 6.07) is 14.0. The van der Waals surface area contributed by atoms with Crippen molar-refractivity contribution in [1.82, 2.24) is 19.8 Å². The molecule has 0 saturated heterocycles. The smallest absolute Gasteiger partial charge is 0.297 e. The number of benzene rings is 2. The fourth-order valence-electron chi connectivity index (χ4n) is 2.54. The van der Waals surface area contributed by atoms with Crippen molar-refractivity contribution in [3.05, 3.63) is 86.0 Å². The second-order valence-corrected chi connectivity index (χ2v) is 7.23. The van der Waals surface area contributed by atoms with E-state index in [0.717, 1.165) is 5.56 Å². The molecule has 2 aromatic carbocycles. The van der Waals surface area contributed by atoms with Gasteiger partial charge in [0.1, 0.15) is 16.5 Å². The van der Waals surface area contributed by atoms with Crippen molar-refractivity contribution in [2.24, 2.45) is 0 Å². The highest BCUT2D eigenvalue weighted by Gasteiger charge is 2.12. The van der Waals surface area contributed by atoms with Crippen LogP contribution in [0, 0.1) is 5.82 Å². The zero-order chi connectivity index (χ0) is 18.8. The number of rotatable bonds is 5. The van der Waals surface area contributed by atoms with Crippen LogP contribution in [0.2, 0.25) is 5.02 Å². The Labute approximate surface area is 162 Å². The largest absolute Gasteiger partial charge is 0.378 e. The summed E-state index contributed by atoms with van der Waals surface area (Å²) in [7, 11) is 0. The van der Waals surface area contributed by atoms with Gasteiger partial charge in [0.25, 0.3) is 5.56 Å². The monoisotopic (exact) mass is 401 g/mol. The van der Waals surface area contributed by atoms with Gasteiger partial charge in [-0.2, -0.15) is 9.61 Å². The summed E-state index contributed by atoms with van der Waals surface area (Å²) >= 11 is 7.03. The molecule has 1 N–H and O–H groups in total. The zero-order valence-electron chi connectivity index (χ0n) is 13.9. The number of aromatic nitrogens is 4. The third-order valence-electron chi connectivity index (χ3n) is 3.88. The SMILES string of the molecule is O=c1c(Cc2ccccc2)nnc2sc(CNc3ccc(F)c(Cl)c3)nn12. The number of nitrogens with zero attached hydrogens (tertiary/aromatic N) is 4. The Morgan fingerprint density at radius 2 is 1.96 bits per heavy atom. The van der Waals surface area contributed by atoms with Crippen LogP contribution >= 0.6 is 22.9 Å². The van der Waals surface area contributed by atoms with E-state index in [2.05, 4.69) is 20.6 Å². The molecule has 0 unspecified atom stereocenters. The lowest BCUT2D eigenvalue weighted by Gasteiger charge is -2.04. The Kier molecular flexibility index (Phi) is 4.83. The summed E-state index contributed by atoms with van der Waals surface area (Å²) < 4.78 is 14.5. The molecule has 0 aliphatic rings. The normalized spacial score (nSPS) is 11.0. The highest BCUT2D eigenvalue weighted by molar-refractivity contribution is 7.16. The van der Waals surface area contributed by atoms with E-state index in [-0.39, 0.29) is 10.6 Å². The Hall–Kier alpha value is -2.84. The van der Waals surface area contributed by atoms with E-state index >= 15 is 0 Å². The van der Waals surface area contributed by atoms with Crippen LogP contribution in [0.25, 0.3) is 4.96 Å². The van der Waals surface area contributed by atoms with E-state index in [0.29, 0.717) is 34.3 Å². The molecule has 0 saturated carbocycles. The summed E-state index contributed by atoms with van der Waals surface area (Å²) in [5, 5.41) is 16.3. The van der Waals surface area contributed by atoms with Crippen LogP contribution in [-0.2, 0) is 13.0 Å². The molecule has 0 atom stereocenters. The molecule has 9 heteroatoms. The highest BCUT2D eigenvalue weighted by atomic mass is 35.5. The average molecular weight is 402 g/mol. The minimum Gasteiger partial charge on any atom is -0.378 e. The fourth-order valence-corrected chi connectivity index (χ4v) is 3.49. The lowest BCUT2D eigenvalue weighted by atomic mass is 10.1. The van der Waals surface area contributed by atoms with Crippen LogP contribution < -0.4 is 10.9 Å². The lowest BCUT2D eigenvalue weighted by molar-refractivity contribution is 0.628. The van der Waals surface area contributed by atoms with E-state index < -0.39 is 5.82 Å². The first kappa shape index (κ1) is 17.6. The van der Waals surface area contributed by atoms with Crippen LogP contribution in [-0.4, -0.2) is 19.8 Å². The van der Waals surface area contributed by atoms with E-state index in [9.17, 15) is 9.18 Å². The first-order valence-corrected chi connectivity index (χ1v) is 9.27. The lowest BCUT2D eigenvalue weighted by Crippen LogP contribution is -2.22. The quantitative estimate of drug-likeness (QED) is 0.553. The van der Waals surface area contributed by atoms with E-state index in [4.69, 9.17) is 11.6 Å². The maximum Gasteiger partial charge on any atom is 0.297 e. The Bertz CT molecular complexity index is 1160. The molecule has 0 spiro atoms. The topological polar surface area (TPSA) is 72.2 Å². The molecule has 4 rings (SSSR count). The minimum atomic E-state index is -0.477. The van der Waals surface area contributed by atoms with Gasteiger partial charge in [0, 0.05) is 12.1 Å². The predicted molar refractivity (Wildman–Crippen MR) is 103 cm³/mol. The van der Waals surface area contributed by atoms with Gasteiger partial charge in [-0.25, -0.2) is 4.39 Å². The van der Waals surface area contributed by atoms with Gasteiger partial charge in [0.15, 0.2) is 0 Å². The molecule has 27 heavy (non-hydrogen) atoms. The number of hydrogen-bond acceptors (Lipinski definition) is 6. The minimum absolute atomic E-state index is 0.0388. The van der Waals surface area contributed by atoms with Crippen LogP contribution in [0.3, 0.4) is 0 Å². The molecule has 0 radical (unpaired) electrons. The van der Waals surface area contributed by atoms with Gasteiger partial charge < -0.3 is 5.32 Å². The van der Waals surface area contributed by atoms with Gasteiger partial charge in [0.05, 0.1) is 11.6 Å². The van der Waals surface area contributed by atoms with Gasteiger partial charge in [-0.15, -0.1) is 10.2 Å². The second-order valence-electron chi connectivity index (χ2n) is 5.79. The Balaban J connectivity index is 1.56. The predicted octanol–water partition coefficient (Wildman–Crippen LogP) is 3.54. The van der Waals surface area contributed by atoms with Crippen molar-refractivity contribution in [2.45, 2.75) is 13.0 Å². The van der Waals surface area contributed by atoms with E-state index in [1.165, 1.54) is 28.0 Å². The van der Waals surface area contributed by atoms with Gasteiger partial charge in [-0.1, -0.05) is 53.3 Å². The third kappa shape index (κ3) is 3.81. The maximum absolute atomic E-state index is 13.2. The molecule has 0 fully saturated rings.